The number of ether oxygens (including phenoxy) is 2. The molecule has 0 bridgehead atoms. The number of nitrogens with one attached hydrogen (secondary N) is 1. The Labute approximate surface area is 165 Å². The van der Waals surface area contributed by atoms with Crippen LogP contribution in [-0.2, 0) is 5.75 Å². The van der Waals surface area contributed by atoms with Crippen LogP contribution in [-0.4, -0.2) is 34.2 Å². The third kappa shape index (κ3) is 3.38. The maximum absolute atomic E-state index is 12.5. The molecule has 0 fully saturated rings. The maximum atomic E-state index is 12.5. The molecular formula is C20H18N4O3S. The van der Waals surface area contributed by atoms with E-state index in [2.05, 4.69) is 19.9 Å². The lowest BCUT2D eigenvalue weighted by atomic mass is 10.2. The first kappa shape index (κ1) is 18.2. The smallest absolute Gasteiger partial charge is 0.258 e. The van der Waals surface area contributed by atoms with Crippen LogP contribution in [0.25, 0.3) is 21.8 Å². The molecule has 0 atom stereocenters. The molecule has 0 amide bonds. The number of para-hydroxylation sites is 1. The lowest BCUT2D eigenvalue weighted by molar-refractivity contribution is 0.355. The first-order valence-corrected chi connectivity index (χ1v) is 9.58. The number of methoxy groups -OCH3 is 2. The number of hydrogen-bond acceptors (Lipinski definition) is 7. The van der Waals surface area contributed by atoms with E-state index in [1.54, 1.807) is 19.2 Å². The van der Waals surface area contributed by atoms with E-state index in [0.29, 0.717) is 39.8 Å². The molecule has 8 heteroatoms. The number of aromatic nitrogens is 4. The van der Waals surface area contributed by atoms with Gasteiger partial charge in [-0.15, -0.1) is 0 Å². The van der Waals surface area contributed by atoms with Gasteiger partial charge in [0, 0.05) is 11.5 Å². The average Bonchev–Trinajstić information content (AvgIpc) is 2.71. The Morgan fingerprint density at radius 2 is 1.71 bits per heavy atom. The van der Waals surface area contributed by atoms with E-state index in [0.717, 1.165) is 15.9 Å². The summed E-state index contributed by atoms with van der Waals surface area (Å²) in [6.07, 6.45) is 0. The van der Waals surface area contributed by atoms with Crippen LogP contribution in [0.2, 0.25) is 0 Å². The molecule has 142 valence electrons. The number of benzene rings is 2. The molecule has 4 rings (SSSR count). The number of fused-ring (bicyclic) bond motifs is 2. The van der Waals surface area contributed by atoms with E-state index in [-0.39, 0.29) is 5.56 Å². The Kier molecular flexibility index (Phi) is 4.87. The molecular weight excluding hydrogens is 376 g/mol. The number of aromatic amines is 1. The Morgan fingerprint density at radius 1 is 0.964 bits per heavy atom. The zero-order chi connectivity index (χ0) is 19.7. The summed E-state index contributed by atoms with van der Waals surface area (Å²) in [5, 5.41) is 2.29. The van der Waals surface area contributed by atoms with Gasteiger partial charge in [0.2, 0.25) is 0 Å². The quantitative estimate of drug-likeness (QED) is 0.409. The number of rotatable bonds is 5. The zero-order valence-corrected chi connectivity index (χ0v) is 16.5. The summed E-state index contributed by atoms with van der Waals surface area (Å²) in [6.45, 7) is 1.87. The van der Waals surface area contributed by atoms with Gasteiger partial charge in [0.15, 0.2) is 11.5 Å². The van der Waals surface area contributed by atoms with Crippen molar-refractivity contribution in [2.45, 2.75) is 17.7 Å². The number of nitrogens with zero attached hydrogens (tertiary/aromatic N) is 3. The third-order valence-corrected chi connectivity index (χ3v) is 5.29. The van der Waals surface area contributed by atoms with Crippen LogP contribution in [0, 0.1) is 6.92 Å². The van der Waals surface area contributed by atoms with Crippen molar-refractivity contribution < 1.29 is 9.47 Å². The molecule has 28 heavy (non-hydrogen) atoms. The number of aryl methyl sites for hydroxylation is 1. The van der Waals surface area contributed by atoms with Gasteiger partial charge < -0.3 is 14.5 Å². The molecule has 1 N–H and O–H groups in total. The second-order valence-corrected chi connectivity index (χ2v) is 7.08. The van der Waals surface area contributed by atoms with Gasteiger partial charge in [-0.05, 0) is 19.1 Å². The van der Waals surface area contributed by atoms with Crippen LogP contribution in [0.15, 0.2) is 46.2 Å². The lowest BCUT2D eigenvalue weighted by Gasteiger charge is -2.10. The summed E-state index contributed by atoms with van der Waals surface area (Å²) in [7, 11) is 3.08. The number of hydrogen-bond donors (Lipinski definition) is 1. The monoisotopic (exact) mass is 394 g/mol. The topological polar surface area (TPSA) is 90.0 Å². The summed E-state index contributed by atoms with van der Waals surface area (Å²) in [5.74, 6) is 2.77. The molecule has 2 aromatic heterocycles. The molecule has 0 saturated carbocycles. The van der Waals surface area contributed by atoms with E-state index in [1.807, 2.05) is 31.2 Å². The summed E-state index contributed by atoms with van der Waals surface area (Å²) in [6, 6.07) is 11.2. The van der Waals surface area contributed by atoms with Crippen molar-refractivity contribution in [3.8, 4) is 11.5 Å². The van der Waals surface area contributed by atoms with E-state index >= 15 is 0 Å². The van der Waals surface area contributed by atoms with E-state index in [4.69, 9.17) is 9.47 Å². The molecule has 0 aliphatic rings. The highest BCUT2D eigenvalue weighted by Gasteiger charge is 2.12. The first-order valence-electron chi connectivity index (χ1n) is 8.60. The molecule has 0 radical (unpaired) electrons. The molecule has 0 aliphatic carbocycles. The highest BCUT2D eigenvalue weighted by Crippen LogP contribution is 2.31. The van der Waals surface area contributed by atoms with Crippen molar-refractivity contribution in [2.75, 3.05) is 14.2 Å². The molecule has 0 unspecified atom stereocenters. The lowest BCUT2D eigenvalue weighted by Crippen LogP contribution is -2.11. The highest BCUT2D eigenvalue weighted by molar-refractivity contribution is 7.98. The molecule has 0 aliphatic heterocycles. The Bertz CT molecular complexity index is 1240. The van der Waals surface area contributed by atoms with Gasteiger partial charge >= 0.3 is 0 Å². The molecule has 4 aromatic rings. The van der Waals surface area contributed by atoms with Crippen molar-refractivity contribution in [3.05, 3.63) is 58.4 Å². The van der Waals surface area contributed by atoms with Crippen LogP contribution < -0.4 is 15.0 Å². The summed E-state index contributed by atoms with van der Waals surface area (Å²) < 4.78 is 10.6. The van der Waals surface area contributed by atoms with Crippen LogP contribution in [0.5, 0.6) is 11.5 Å². The van der Waals surface area contributed by atoms with E-state index in [1.165, 1.54) is 18.9 Å². The molecule has 0 saturated heterocycles. The van der Waals surface area contributed by atoms with Crippen molar-refractivity contribution in [1.82, 2.24) is 19.9 Å². The van der Waals surface area contributed by atoms with Gasteiger partial charge in [0.25, 0.3) is 5.56 Å². The molecule has 7 nitrogen and oxygen atoms in total. The van der Waals surface area contributed by atoms with E-state index < -0.39 is 0 Å². The number of thioether (sulfide) groups is 1. The van der Waals surface area contributed by atoms with E-state index in [9.17, 15) is 4.79 Å². The fourth-order valence-electron chi connectivity index (χ4n) is 2.99. The fourth-order valence-corrected chi connectivity index (χ4v) is 3.92. The Morgan fingerprint density at radius 3 is 2.50 bits per heavy atom. The molecule has 2 heterocycles. The maximum Gasteiger partial charge on any atom is 0.258 e. The predicted octanol–water partition coefficient (Wildman–Crippen LogP) is 3.48. The standard InChI is InChI=1S/C20H18N4O3S/c1-11-21-14-7-5-4-6-12(14)20(22-11)28-10-18-23-15-9-17(27-3)16(26-2)8-13(15)19(25)24-18/h4-9H,10H2,1-3H3,(H,23,24,25). The molecule has 0 spiro atoms. The summed E-state index contributed by atoms with van der Waals surface area (Å²) in [5.41, 5.74) is 1.24. The summed E-state index contributed by atoms with van der Waals surface area (Å²) in [4.78, 5) is 29.0. The Balaban J connectivity index is 1.70. The minimum atomic E-state index is -0.217. The number of H-pyrrole nitrogens is 1. The first-order chi connectivity index (χ1) is 13.6. The zero-order valence-electron chi connectivity index (χ0n) is 15.6. The third-order valence-electron chi connectivity index (χ3n) is 4.29. The van der Waals surface area contributed by atoms with Crippen LogP contribution in [0.3, 0.4) is 0 Å². The van der Waals surface area contributed by atoms with Crippen LogP contribution >= 0.6 is 11.8 Å². The fraction of sp³-hybridized carbons (Fsp3) is 0.200. The highest BCUT2D eigenvalue weighted by atomic mass is 32.2. The minimum absolute atomic E-state index is 0.217. The van der Waals surface area contributed by atoms with Crippen molar-refractivity contribution in [2.24, 2.45) is 0 Å². The Hall–Kier alpha value is -3.13. The summed E-state index contributed by atoms with van der Waals surface area (Å²) >= 11 is 1.51. The average molecular weight is 394 g/mol. The largest absolute Gasteiger partial charge is 0.493 e. The van der Waals surface area contributed by atoms with Gasteiger partial charge in [-0.1, -0.05) is 30.0 Å². The van der Waals surface area contributed by atoms with Gasteiger partial charge in [0.1, 0.15) is 16.7 Å². The van der Waals surface area contributed by atoms with Gasteiger partial charge in [-0.2, -0.15) is 0 Å². The SMILES string of the molecule is COc1cc2nc(CSc3nc(C)nc4ccccc34)[nH]c(=O)c2cc1OC. The van der Waals surface area contributed by atoms with Crippen molar-refractivity contribution >= 4 is 33.6 Å². The van der Waals surface area contributed by atoms with Crippen LogP contribution in [0.1, 0.15) is 11.6 Å². The van der Waals surface area contributed by atoms with Crippen molar-refractivity contribution in [3.63, 3.8) is 0 Å². The molecule has 2 aromatic carbocycles. The van der Waals surface area contributed by atoms with Gasteiger partial charge in [-0.25, -0.2) is 15.0 Å². The predicted molar refractivity (Wildman–Crippen MR) is 109 cm³/mol. The van der Waals surface area contributed by atoms with Gasteiger partial charge in [0.05, 0.1) is 36.4 Å². The normalized spacial score (nSPS) is 11.1. The van der Waals surface area contributed by atoms with Crippen molar-refractivity contribution in [1.29, 1.82) is 0 Å². The van der Waals surface area contributed by atoms with Crippen LogP contribution in [0.4, 0.5) is 0 Å². The second kappa shape index (κ2) is 7.47. The van der Waals surface area contributed by atoms with Gasteiger partial charge in [-0.3, -0.25) is 4.79 Å². The minimum Gasteiger partial charge on any atom is -0.493 e. The second-order valence-electron chi connectivity index (χ2n) is 6.12.